The Kier molecular flexibility index (Phi) is 65.8. The molecule has 0 heterocycles. The molecule has 0 saturated carbocycles. The van der Waals surface area contributed by atoms with Crippen molar-refractivity contribution in [3.05, 3.63) is 97.2 Å². The summed E-state index contributed by atoms with van der Waals surface area (Å²) in [4.78, 5) is 25.7. The summed E-state index contributed by atoms with van der Waals surface area (Å²) in [7, 11) is 1.25. The number of carbonyl (C=O) groups is 1. The molecule has 9 heteroatoms. The number of phosphoric ester groups is 1. The van der Waals surface area contributed by atoms with Crippen LogP contribution >= 0.6 is 7.82 Å². The quantitative estimate of drug-likeness (QED) is 0.0272. The molecule has 0 rings (SSSR count). The molecule has 0 aromatic carbocycles. The van der Waals surface area contributed by atoms with Gasteiger partial charge in [-0.05, 0) is 83.5 Å². The number of amides is 1. The van der Waals surface area contributed by atoms with E-state index in [1.165, 1.54) is 244 Å². The van der Waals surface area contributed by atoms with E-state index in [-0.39, 0.29) is 12.5 Å². The van der Waals surface area contributed by atoms with Crippen molar-refractivity contribution in [2.24, 2.45) is 0 Å². The summed E-state index contributed by atoms with van der Waals surface area (Å²) in [5.41, 5.74) is 0. The van der Waals surface area contributed by atoms with Crippen molar-refractivity contribution in [1.29, 1.82) is 0 Å². The maximum absolute atomic E-state index is 13.1. The molecule has 1 amide bonds. The summed E-state index contributed by atoms with van der Waals surface area (Å²) in [5.74, 6) is -0.203. The molecule has 0 fully saturated rings. The van der Waals surface area contributed by atoms with Gasteiger partial charge in [-0.25, -0.2) is 0 Å². The summed E-state index contributed by atoms with van der Waals surface area (Å²) < 4.78 is 23.5. The zero-order valence-corrected chi connectivity index (χ0v) is 58.9. The minimum absolute atomic E-state index is 0.00748. The molecule has 2 N–H and O–H groups in total. The smallest absolute Gasteiger partial charge is 0.268 e. The number of quaternary nitrogens is 1. The van der Waals surface area contributed by atoms with Gasteiger partial charge in [-0.3, -0.25) is 9.36 Å². The molecule has 3 unspecified atom stereocenters. The molecule has 0 saturated heterocycles. The lowest BCUT2D eigenvalue weighted by atomic mass is 10.0. The first-order chi connectivity index (χ1) is 42.5. The fraction of sp³-hybridized carbons (Fsp3) is 0.782. The third kappa shape index (κ3) is 70.7. The first-order valence-electron chi connectivity index (χ1n) is 37.1. The predicted molar refractivity (Wildman–Crippen MR) is 380 cm³/mol. The van der Waals surface area contributed by atoms with Gasteiger partial charge >= 0.3 is 0 Å². The Balaban J connectivity index is 4.02. The van der Waals surface area contributed by atoms with Gasteiger partial charge in [-0.2, -0.15) is 0 Å². The van der Waals surface area contributed by atoms with Crippen molar-refractivity contribution in [2.75, 3.05) is 40.9 Å². The standard InChI is InChI=1S/C78H143N2O6P/c1-6-8-10-12-14-16-18-20-22-24-26-28-30-32-34-35-36-37-38-39-40-41-42-43-44-45-46-48-50-52-54-56-58-60-62-64-66-68-70-72-78(82)79-76(75-86-87(83,84)85-74-73-80(3,4)5)77(81)71-69-67-65-63-61-59-57-55-53-51-49-47-33-31-29-27-25-23-21-19-17-15-13-11-9-7-2/h8,10,14,16,20,22,26,28,32,34,36-37,61,63,69,71,76-77,81H,6-7,9,11-13,15,17-19,21,23-25,27,29-31,33,35,38-60,62,64-68,70,72-75H2,1-5H3,(H-,79,82,83,84)/b10-8-,16-14-,22-20-,28-26-,34-32-,37-36-,63-61+,71-69+. The van der Waals surface area contributed by atoms with E-state index >= 15 is 0 Å². The van der Waals surface area contributed by atoms with Crippen LogP contribution in [0, 0.1) is 0 Å². The van der Waals surface area contributed by atoms with Crippen LogP contribution < -0.4 is 10.2 Å². The Labute approximate surface area is 540 Å². The van der Waals surface area contributed by atoms with E-state index in [1.807, 2.05) is 27.2 Å². The normalized spacial score (nSPS) is 14.1. The van der Waals surface area contributed by atoms with Gasteiger partial charge in [0.15, 0.2) is 0 Å². The molecule has 0 aromatic rings. The maximum atomic E-state index is 13.1. The second-order valence-electron chi connectivity index (χ2n) is 26.3. The largest absolute Gasteiger partial charge is 0.756 e. The van der Waals surface area contributed by atoms with Crippen LogP contribution in [0.25, 0.3) is 0 Å². The van der Waals surface area contributed by atoms with E-state index in [1.54, 1.807) is 6.08 Å². The first-order valence-corrected chi connectivity index (χ1v) is 38.6. The average molecular weight is 1240 g/mol. The fourth-order valence-electron chi connectivity index (χ4n) is 10.8. The van der Waals surface area contributed by atoms with E-state index in [4.69, 9.17) is 9.05 Å². The molecule has 0 aliphatic rings. The van der Waals surface area contributed by atoms with Crippen LogP contribution in [0.1, 0.15) is 341 Å². The van der Waals surface area contributed by atoms with Crippen LogP contribution in [0.2, 0.25) is 0 Å². The molecule has 3 atom stereocenters. The maximum Gasteiger partial charge on any atom is 0.268 e. The van der Waals surface area contributed by atoms with Crippen LogP contribution in [0.15, 0.2) is 97.2 Å². The topological polar surface area (TPSA) is 108 Å². The van der Waals surface area contributed by atoms with E-state index in [0.29, 0.717) is 17.4 Å². The molecule has 0 aromatic heterocycles. The third-order valence-electron chi connectivity index (χ3n) is 16.5. The zero-order valence-electron chi connectivity index (χ0n) is 58.0. The number of likely N-dealkylation sites (N-methyl/N-ethyl adjacent to an activating group) is 1. The number of nitrogens with zero attached hydrogens (tertiary/aromatic N) is 1. The Morgan fingerprint density at radius 1 is 0.414 bits per heavy atom. The lowest BCUT2D eigenvalue weighted by Crippen LogP contribution is -2.45. The highest BCUT2D eigenvalue weighted by Crippen LogP contribution is 2.38. The Morgan fingerprint density at radius 2 is 0.713 bits per heavy atom. The monoisotopic (exact) mass is 1240 g/mol. The summed E-state index contributed by atoms with van der Waals surface area (Å²) >= 11 is 0. The number of rotatable bonds is 68. The highest BCUT2D eigenvalue weighted by molar-refractivity contribution is 7.45. The summed E-state index contributed by atoms with van der Waals surface area (Å²) in [6.07, 6.45) is 98.4. The van der Waals surface area contributed by atoms with Crippen molar-refractivity contribution < 1.29 is 32.9 Å². The molecular formula is C78H143N2O6P. The number of carbonyl (C=O) groups excluding carboxylic acids is 1. The van der Waals surface area contributed by atoms with Crippen LogP contribution in [0.4, 0.5) is 0 Å². The molecule has 0 bridgehead atoms. The number of allylic oxidation sites excluding steroid dienone is 15. The molecular weight excluding hydrogens is 1090 g/mol. The van der Waals surface area contributed by atoms with Gasteiger partial charge in [0, 0.05) is 6.42 Å². The van der Waals surface area contributed by atoms with Crippen molar-refractivity contribution in [1.82, 2.24) is 5.32 Å². The Bertz CT molecular complexity index is 1740. The number of unbranched alkanes of at least 4 members (excludes halogenated alkanes) is 41. The van der Waals surface area contributed by atoms with E-state index in [0.717, 1.165) is 77.0 Å². The second-order valence-corrected chi connectivity index (χ2v) is 27.7. The fourth-order valence-corrected chi connectivity index (χ4v) is 11.5. The average Bonchev–Trinajstić information content (AvgIpc) is 3.69. The van der Waals surface area contributed by atoms with Gasteiger partial charge in [0.25, 0.3) is 7.82 Å². The second kappa shape index (κ2) is 67.8. The molecule has 87 heavy (non-hydrogen) atoms. The molecule has 0 radical (unpaired) electrons. The number of hydrogen-bond donors (Lipinski definition) is 2. The number of nitrogens with one attached hydrogen (secondary N) is 1. The van der Waals surface area contributed by atoms with Gasteiger partial charge in [-0.1, -0.05) is 349 Å². The minimum atomic E-state index is -4.62. The van der Waals surface area contributed by atoms with Crippen molar-refractivity contribution in [2.45, 2.75) is 353 Å². The van der Waals surface area contributed by atoms with E-state index in [9.17, 15) is 19.4 Å². The Hall–Kier alpha value is -2.58. The zero-order chi connectivity index (χ0) is 63.4. The third-order valence-corrected chi connectivity index (χ3v) is 17.5. The molecule has 506 valence electrons. The first kappa shape index (κ1) is 84.4. The number of phosphoric acid groups is 1. The minimum Gasteiger partial charge on any atom is -0.756 e. The molecule has 0 spiro atoms. The van der Waals surface area contributed by atoms with Gasteiger partial charge in [-0.15, -0.1) is 0 Å². The van der Waals surface area contributed by atoms with Crippen molar-refractivity contribution in [3.63, 3.8) is 0 Å². The van der Waals surface area contributed by atoms with E-state index in [2.05, 4.69) is 104 Å². The lowest BCUT2D eigenvalue weighted by molar-refractivity contribution is -0.870. The van der Waals surface area contributed by atoms with Gasteiger partial charge in [0.05, 0.1) is 39.9 Å². The van der Waals surface area contributed by atoms with Crippen LogP contribution in [0.3, 0.4) is 0 Å². The number of aliphatic hydroxyl groups excluding tert-OH is 1. The number of hydrogen-bond acceptors (Lipinski definition) is 6. The highest BCUT2D eigenvalue weighted by Gasteiger charge is 2.23. The van der Waals surface area contributed by atoms with Gasteiger partial charge < -0.3 is 28.8 Å². The van der Waals surface area contributed by atoms with Crippen molar-refractivity contribution >= 4 is 13.7 Å². The Morgan fingerprint density at radius 3 is 1.07 bits per heavy atom. The summed E-state index contributed by atoms with van der Waals surface area (Å²) in [6.45, 7) is 4.55. The van der Waals surface area contributed by atoms with Crippen LogP contribution in [-0.4, -0.2) is 68.5 Å². The molecule has 8 nitrogen and oxygen atoms in total. The van der Waals surface area contributed by atoms with E-state index < -0.39 is 26.6 Å². The number of aliphatic hydroxyl groups is 1. The van der Waals surface area contributed by atoms with Crippen molar-refractivity contribution in [3.8, 4) is 0 Å². The van der Waals surface area contributed by atoms with Crippen LogP contribution in [-0.2, 0) is 18.4 Å². The van der Waals surface area contributed by atoms with Gasteiger partial charge in [0.1, 0.15) is 13.2 Å². The molecule has 0 aliphatic carbocycles. The summed E-state index contributed by atoms with van der Waals surface area (Å²) in [6, 6.07) is -0.908. The SMILES string of the molecule is CC/C=C\C/C=C\C/C=C\C/C=C\C/C=C\C/C=C\CCCCCCCCCCCCCCCCCCCCCCC(=O)NC(COP(=O)([O-])OCC[N+](C)(C)C)C(O)/C=C/CC/C=C/CCCCCCCCCCCCCCCCCCCCCC. The molecule has 0 aliphatic heterocycles. The van der Waals surface area contributed by atoms with Gasteiger partial charge in [0.2, 0.25) is 5.91 Å². The summed E-state index contributed by atoms with van der Waals surface area (Å²) in [5, 5.41) is 14.0. The van der Waals surface area contributed by atoms with Crippen LogP contribution in [0.5, 0.6) is 0 Å². The predicted octanol–water partition coefficient (Wildman–Crippen LogP) is 23.4. The highest BCUT2D eigenvalue weighted by atomic mass is 31.2. The lowest BCUT2D eigenvalue weighted by Gasteiger charge is -2.29.